The highest BCUT2D eigenvalue weighted by molar-refractivity contribution is 7.92. The van der Waals surface area contributed by atoms with Crippen LogP contribution < -0.4 is 9.62 Å². The maximum absolute atomic E-state index is 12.7. The second kappa shape index (κ2) is 10.2. The summed E-state index contributed by atoms with van der Waals surface area (Å²) in [6.45, 7) is 6.93. The summed E-state index contributed by atoms with van der Waals surface area (Å²) in [6, 6.07) is 13.3. The number of carboxylic acid groups (broad SMARTS) is 1. The lowest BCUT2D eigenvalue weighted by atomic mass is 9.92. The average Bonchev–Trinajstić information content (AvgIpc) is 3.28. The van der Waals surface area contributed by atoms with Gasteiger partial charge in [0.05, 0.1) is 17.5 Å². The molecule has 0 saturated carbocycles. The van der Waals surface area contributed by atoms with E-state index < -0.39 is 33.2 Å². The van der Waals surface area contributed by atoms with Crippen LogP contribution in [0.1, 0.15) is 49.5 Å². The Hall–Kier alpha value is -3.93. The molecule has 3 aromatic rings. The van der Waals surface area contributed by atoms with Crippen LogP contribution in [0.4, 0.5) is 10.5 Å². The molecule has 198 valence electrons. The van der Waals surface area contributed by atoms with E-state index >= 15 is 0 Å². The van der Waals surface area contributed by atoms with Gasteiger partial charge in [0.25, 0.3) is 0 Å². The van der Waals surface area contributed by atoms with Crippen LogP contribution in [0.5, 0.6) is 0 Å². The summed E-state index contributed by atoms with van der Waals surface area (Å²) < 4.78 is 36.4. The van der Waals surface area contributed by atoms with Crippen molar-refractivity contribution in [3.05, 3.63) is 65.5 Å². The number of hydrogen-bond acceptors (Lipinski definition) is 8. The van der Waals surface area contributed by atoms with Gasteiger partial charge in [-0.15, -0.1) is 10.2 Å². The number of anilines is 1. The number of aromatic carboxylic acids is 1. The number of rotatable bonds is 8. The van der Waals surface area contributed by atoms with Gasteiger partial charge in [-0.05, 0) is 51.5 Å². The topological polar surface area (TPSA) is 152 Å². The summed E-state index contributed by atoms with van der Waals surface area (Å²) in [6.07, 6.45) is 0.601. The van der Waals surface area contributed by atoms with Gasteiger partial charge in [0.15, 0.2) is 0 Å². The smallest absolute Gasteiger partial charge is 0.408 e. The molecule has 0 bridgehead atoms. The van der Waals surface area contributed by atoms with Gasteiger partial charge in [-0.2, -0.15) is 0 Å². The van der Waals surface area contributed by atoms with Crippen LogP contribution in [-0.2, 0) is 26.7 Å². The second-order valence-electron chi connectivity index (χ2n) is 9.84. The molecule has 0 aliphatic carbocycles. The van der Waals surface area contributed by atoms with E-state index in [0.717, 1.165) is 16.1 Å². The van der Waals surface area contributed by atoms with Crippen LogP contribution in [0.15, 0.2) is 52.9 Å². The Morgan fingerprint density at radius 2 is 1.73 bits per heavy atom. The third kappa shape index (κ3) is 7.06. The molecule has 37 heavy (non-hydrogen) atoms. The molecule has 1 atom stereocenters. The number of benzene rings is 2. The van der Waals surface area contributed by atoms with Crippen LogP contribution in [0.25, 0.3) is 11.5 Å². The lowest BCUT2D eigenvalue weighted by molar-refractivity contribution is 0.0443. The molecule has 0 fully saturated rings. The number of aromatic nitrogens is 2. The molecule has 0 unspecified atom stereocenters. The maximum Gasteiger partial charge on any atom is 0.408 e. The predicted octanol–water partition coefficient (Wildman–Crippen LogP) is 3.81. The van der Waals surface area contributed by atoms with Crippen molar-refractivity contribution in [3.8, 4) is 11.5 Å². The zero-order chi connectivity index (χ0) is 27.6. The van der Waals surface area contributed by atoms with Crippen molar-refractivity contribution < 1.29 is 32.3 Å². The van der Waals surface area contributed by atoms with Crippen LogP contribution in [0, 0.1) is 0 Å². The summed E-state index contributed by atoms with van der Waals surface area (Å²) in [5.74, 6) is -1.26. The molecule has 0 aliphatic rings. The molecule has 0 radical (unpaired) electrons. The average molecular weight is 531 g/mol. The van der Waals surface area contributed by atoms with Crippen molar-refractivity contribution >= 4 is 27.8 Å². The highest BCUT2D eigenvalue weighted by atomic mass is 32.2. The number of carboxylic acids is 1. The minimum absolute atomic E-state index is 0.0495. The summed E-state index contributed by atoms with van der Waals surface area (Å²) in [5, 5.41) is 20.6. The van der Waals surface area contributed by atoms with Crippen molar-refractivity contribution in [1.29, 1.82) is 0 Å². The fourth-order valence-corrected chi connectivity index (χ4v) is 3.99. The molecule has 1 heterocycles. The molecular formula is C25H30N4O7S. The van der Waals surface area contributed by atoms with Crippen molar-refractivity contribution in [2.75, 3.05) is 17.6 Å². The highest BCUT2D eigenvalue weighted by Gasteiger charge is 2.37. The number of hydrogen-bond donors (Lipinski definition) is 2. The Balaban J connectivity index is 2.06. The first-order valence-corrected chi connectivity index (χ1v) is 13.1. The maximum atomic E-state index is 12.7. The lowest BCUT2D eigenvalue weighted by Gasteiger charge is -2.29. The summed E-state index contributed by atoms with van der Waals surface area (Å²) in [7, 11) is -2.36. The molecule has 2 N–H and O–H groups in total. The van der Waals surface area contributed by atoms with E-state index in [-0.39, 0.29) is 35.0 Å². The SMILES string of the molecule is CN(c1cc(C(=O)O)cc(-c2nnc([C@@](C)(Cc3ccccc3)NC(=O)OC(C)(C)C)o2)c1)S(C)(=O)=O. The molecule has 1 aromatic heterocycles. The van der Waals surface area contributed by atoms with Gasteiger partial charge in [-0.1, -0.05) is 30.3 Å². The number of sulfonamides is 1. The summed E-state index contributed by atoms with van der Waals surface area (Å²) in [5.41, 5.74) is -0.907. The minimum atomic E-state index is -3.67. The molecule has 0 saturated heterocycles. The predicted molar refractivity (Wildman–Crippen MR) is 137 cm³/mol. The van der Waals surface area contributed by atoms with Gasteiger partial charge < -0.3 is 19.6 Å². The van der Waals surface area contributed by atoms with Gasteiger partial charge >= 0.3 is 12.1 Å². The third-order valence-corrected chi connectivity index (χ3v) is 6.55. The first kappa shape index (κ1) is 27.7. The van der Waals surface area contributed by atoms with Gasteiger partial charge in [-0.3, -0.25) is 4.31 Å². The normalized spacial score (nSPS) is 13.5. The standard InChI is InChI=1S/C25H30N4O7S/c1-24(2,3)36-23(32)26-25(4,15-16-10-8-7-9-11-16)22-28-27-20(35-22)17-12-18(21(30)31)14-19(13-17)29(5)37(6,33)34/h7-14H,15H2,1-6H3,(H,26,32)(H,30,31)/t25-/m1/s1. The minimum Gasteiger partial charge on any atom is -0.478 e. The zero-order valence-corrected chi connectivity index (χ0v) is 22.3. The van der Waals surface area contributed by atoms with Crippen molar-refractivity contribution in [2.24, 2.45) is 0 Å². The molecule has 2 aromatic carbocycles. The van der Waals surface area contributed by atoms with Gasteiger partial charge in [0, 0.05) is 19.0 Å². The molecule has 11 nitrogen and oxygen atoms in total. The van der Waals surface area contributed by atoms with Crippen molar-refractivity contribution in [3.63, 3.8) is 0 Å². The van der Waals surface area contributed by atoms with Crippen molar-refractivity contribution in [1.82, 2.24) is 15.5 Å². The first-order valence-electron chi connectivity index (χ1n) is 11.3. The molecule has 1 amide bonds. The summed E-state index contributed by atoms with van der Waals surface area (Å²) >= 11 is 0. The fourth-order valence-electron chi connectivity index (χ4n) is 3.50. The van der Waals surface area contributed by atoms with E-state index in [9.17, 15) is 23.1 Å². The van der Waals surface area contributed by atoms with Crippen LogP contribution in [0.3, 0.4) is 0 Å². The Kier molecular flexibility index (Phi) is 7.63. The number of nitrogens with zero attached hydrogens (tertiary/aromatic N) is 3. The third-order valence-electron chi connectivity index (χ3n) is 5.35. The van der Waals surface area contributed by atoms with Gasteiger partial charge in [-0.25, -0.2) is 18.0 Å². The van der Waals surface area contributed by atoms with Crippen LogP contribution in [0.2, 0.25) is 0 Å². The molecule has 12 heteroatoms. The Labute approximate surface area is 215 Å². The number of carbonyl (C=O) groups excluding carboxylic acids is 1. The number of amides is 1. The first-order chi connectivity index (χ1) is 17.1. The second-order valence-corrected chi connectivity index (χ2v) is 11.9. The van der Waals surface area contributed by atoms with E-state index in [1.165, 1.54) is 25.2 Å². The van der Waals surface area contributed by atoms with E-state index in [0.29, 0.717) is 0 Å². The van der Waals surface area contributed by atoms with E-state index in [1.807, 2.05) is 30.3 Å². The highest BCUT2D eigenvalue weighted by Crippen LogP contribution is 2.31. The van der Waals surface area contributed by atoms with Crippen molar-refractivity contribution in [2.45, 2.75) is 45.3 Å². The van der Waals surface area contributed by atoms with E-state index in [1.54, 1.807) is 27.7 Å². The number of carbonyl (C=O) groups is 2. The Morgan fingerprint density at radius 3 is 2.30 bits per heavy atom. The molecule has 0 aliphatic heterocycles. The largest absolute Gasteiger partial charge is 0.478 e. The van der Waals surface area contributed by atoms with Gasteiger partial charge in [0.1, 0.15) is 11.1 Å². The quantitative estimate of drug-likeness (QED) is 0.443. The molecule has 3 rings (SSSR count). The zero-order valence-electron chi connectivity index (χ0n) is 21.5. The molecular weight excluding hydrogens is 500 g/mol. The number of ether oxygens (including phenoxy) is 1. The summed E-state index contributed by atoms with van der Waals surface area (Å²) in [4.78, 5) is 24.4. The Bertz CT molecular complexity index is 1400. The fraction of sp³-hybridized carbons (Fsp3) is 0.360. The lowest BCUT2D eigenvalue weighted by Crippen LogP contribution is -2.47. The van der Waals surface area contributed by atoms with Crippen LogP contribution in [-0.4, -0.2) is 54.7 Å². The number of nitrogens with one attached hydrogen (secondary N) is 1. The van der Waals surface area contributed by atoms with E-state index in [2.05, 4.69) is 15.5 Å². The van der Waals surface area contributed by atoms with Gasteiger partial charge in [0.2, 0.25) is 21.8 Å². The van der Waals surface area contributed by atoms with Crippen LogP contribution >= 0.6 is 0 Å². The molecule has 0 spiro atoms. The monoisotopic (exact) mass is 530 g/mol. The Morgan fingerprint density at radius 1 is 1.08 bits per heavy atom. The number of alkyl carbamates (subject to hydrolysis) is 1. The van der Waals surface area contributed by atoms with E-state index in [4.69, 9.17) is 9.15 Å².